The molecule has 2 N–H and O–H groups in total. The van der Waals surface area contributed by atoms with E-state index >= 15 is 0 Å². The summed E-state index contributed by atoms with van der Waals surface area (Å²) in [6.07, 6.45) is 2.10. The standard InChI is InChI=1S/C19H17ClN4O2/c20-14-5-6-17-22-15(8-18(25)24(17)10-14)11-23-9-13-4-2-1-3-12(13)7-16(23)19(21)26/h1-6,8,10,16H,7,9,11H2,(H2,21,26). The highest BCUT2D eigenvalue weighted by Crippen LogP contribution is 2.24. The minimum Gasteiger partial charge on any atom is -0.368 e. The van der Waals surface area contributed by atoms with Gasteiger partial charge in [0.1, 0.15) is 5.65 Å². The minimum absolute atomic E-state index is 0.208. The van der Waals surface area contributed by atoms with E-state index in [2.05, 4.69) is 4.98 Å². The summed E-state index contributed by atoms with van der Waals surface area (Å²) in [4.78, 5) is 30.8. The Balaban J connectivity index is 1.69. The largest absolute Gasteiger partial charge is 0.368 e. The Hall–Kier alpha value is -2.70. The van der Waals surface area contributed by atoms with Crippen molar-refractivity contribution in [3.63, 3.8) is 0 Å². The third-order valence-corrected chi connectivity index (χ3v) is 4.94. The number of primary amides is 1. The molecule has 4 rings (SSSR count). The summed E-state index contributed by atoms with van der Waals surface area (Å²) in [6, 6.07) is 12.4. The maximum atomic E-state index is 12.4. The number of carbonyl (C=O) groups excluding carboxylic acids is 1. The Morgan fingerprint density at radius 2 is 2.00 bits per heavy atom. The number of nitrogens with zero attached hydrogens (tertiary/aromatic N) is 3. The van der Waals surface area contributed by atoms with Gasteiger partial charge in [-0.15, -0.1) is 0 Å². The number of carbonyl (C=O) groups is 1. The van der Waals surface area contributed by atoms with E-state index in [1.165, 1.54) is 10.5 Å². The highest BCUT2D eigenvalue weighted by atomic mass is 35.5. The molecule has 0 saturated carbocycles. The molecule has 6 nitrogen and oxygen atoms in total. The van der Waals surface area contributed by atoms with Crippen molar-refractivity contribution < 1.29 is 4.79 Å². The van der Waals surface area contributed by atoms with Gasteiger partial charge >= 0.3 is 0 Å². The number of benzene rings is 1. The summed E-state index contributed by atoms with van der Waals surface area (Å²) < 4.78 is 1.41. The molecule has 0 radical (unpaired) electrons. The molecule has 1 aliphatic rings. The minimum atomic E-state index is -0.421. The molecule has 132 valence electrons. The molecule has 3 heterocycles. The Morgan fingerprint density at radius 1 is 1.23 bits per heavy atom. The molecule has 2 aromatic heterocycles. The predicted octanol–water partition coefficient (Wildman–Crippen LogP) is 1.76. The number of fused-ring (bicyclic) bond motifs is 2. The van der Waals surface area contributed by atoms with Crippen molar-refractivity contribution in [2.45, 2.75) is 25.6 Å². The van der Waals surface area contributed by atoms with Gasteiger partial charge in [0, 0.05) is 25.4 Å². The van der Waals surface area contributed by atoms with Crippen LogP contribution in [0.3, 0.4) is 0 Å². The highest BCUT2D eigenvalue weighted by Gasteiger charge is 2.30. The van der Waals surface area contributed by atoms with E-state index in [9.17, 15) is 9.59 Å². The Bertz CT molecular complexity index is 1060. The van der Waals surface area contributed by atoms with Crippen molar-refractivity contribution in [3.05, 3.63) is 80.9 Å². The van der Waals surface area contributed by atoms with Gasteiger partial charge < -0.3 is 5.73 Å². The lowest BCUT2D eigenvalue weighted by Gasteiger charge is -2.34. The first-order valence-electron chi connectivity index (χ1n) is 8.29. The van der Waals surface area contributed by atoms with Crippen LogP contribution in [-0.2, 0) is 24.3 Å². The van der Waals surface area contributed by atoms with Crippen LogP contribution in [-0.4, -0.2) is 26.2 Å². The van der Waals surface area contributed by atoms with Gasteiger partial charge in [-0.05, 0) is 29.7 Å². The van der Waals surface area contributed by atoms with Crippen LogP contribution in [0.15, 0.2) is 53.5 Å². The average molecular weight is 369 g/mol. The molecular weight excluding hydrogens is 352 g/mol. The second kappa shape index (κ2) is 6.55. The molecule has 0 bridgehead atoms. The van der Waals surface area contributed by atoms with Crippen molar-refractivity contribution in [3.8, 4) is 0 Å². The Morgan fingerprint density at radius 3 is 2.77 bits per heavy atom. The molecule has 0 aliphatic carbocycles. The second-order valence-electron chi connectivity index (χ2n) is 6.46. The van der Waals surface area contributed by atoms with Gasteiger partial charge in [-0.2, -0.15) is 0 Å². The van der Waals surface area contributed by atoms with Crippen LogP contribution in [0.1, 0.15) is 16.8 Å². The monoisotopic (exact) mass is 368 g/mol. The number of pyridine rings is 1. The van der Waals surface area contributed by atoms with Crippen LogP contribution < -0.4 is 11.3 Å². The van der Waals surface area contributed by atoms with E-state index < -0.39 is 6.04 Å². The molecule has 0 fully saturated rings. The van der Waals surface area contributed by atoms with E-state index in [0.29, 0.717) is 35.9 Å². The zero-order chi connectivity index (χ0) is 18.3. The van der Waals surface area contributed by atoms with E-state index in [1.54, 1.807) is 18.3 Å². The molecule has 1 amide bonds. The molecule has 1 aromatic carbocycles. The molecule has 3 aromatic rings. The summed E-state index contributed by atoms with van der Waals surface area (Å²) in [6.45, 7) is 0.960. The van der Waals surface area contributed by atoms with Crippen LogP contribution >= 0.6 is 11.6 Å². The molecule has 7 heteroatoms. The quantitative estimate of drug-likeness (QED) is 0.763. The van der Waals surface area contributed by atoms with Crippen molar-refractivity contribution >= 4 is 23.2 Å². The van der Waals surface area contributed by atoms with Gasteiger partial charge in [0.25, 0.3) is 5.56 Å². The number of aromatic nitrogens is 2. The molecule has 0 spiro atoms. The van der Waals surface area contributed by atoms with E-state index in [4.69, 9.17) is 17.3 Å². The molecular formula is C19H17ClN4O2. The number of hydrogen-bond donors (Lipinski definition) is 1. The lowest BCUT2D eigenvalue weighted by atomic mass is 9.93. The predicted molar refractivity (Wildman–Crippen MR) is 98.8 cm³/mol. The third-order valence-electron chi connectivity index (χ3n) is 4.72. The highest BCUT2D eigenvalue weighted by molar-refractivity contribution is 6.30. The lowest BCUT2D eigenvalue weighted by molar-refractivity contribution is -0.124. The van der Waals surface area contributed by atoms with Crippen molar-refractivity contribution in [1.29, 1.82) is 0 Å². The number of hydrogen-bond acceptors (Lipinski definition) is 4. The van der Waals surface area contributed by atoms with Gasteiger partial charge in [0.2, 0.25) is 5.91 Å². The lowest BCUT2D eigenvalue weighted by Crippen LogP contribution is -2.48. The first-order chi connectivity index (χ1) is 12.5. The smallest absolute Gasteiger partial charge is 0.258 e. The van der Waals surface area contributed by atoms with E-state index in [0.717, 1.165) is 11.1 Å². The Kier molecular flexibility index (Phi) is 4.22. The number of nitrogens with two attached hydrogens (primary N) is 1. The van der Waals surface area contributed by atoms with Gasteiger partial charge in [0.05, 0.1) is 16.8 Å². The summed E-state index contributed by atoms with van der Waals surface area (Å²) in [5.74, 6) is -0.371. The summed E-state index contributed by atoms with van der Waals surface area (Å²) in [7, 11) is 0. The zero-order valence-electron chi connectivity index (χ0n) is 13.9. The van der Waals surface area contributed by atoms with Crippen molar-refractivity contribution in [1.82, 2.24) is 14.3 Å². The van der Waals surface area contributed by atoms with Gasteiger partial charge in [0.15, 0.2) is 0 Å². The van der Waals surface area contributed by atoms with Crippen molar-refractivity contribution in [2.75, 3.05) is 0 Å². The van der Waals surface area contributed by atoms with Gasteiger partial charge in [-0.1, -0.05) is 35.9 Å². The Labute approximate surface area is 154 Å². The summed E-state index contributed by atoms with van der Waals surface area (Å²) in [5, 5.41) is 0.468. The SMILES string of the molecule is NC(=O)C1Cc2ccccc2CN1Cc1cc(=O)n2cc(Cl)ccc2n1. The van der Waals surface area contributed by atoms with Crippen LogP contribution in [0.4, 0.5) is 0 Å². The molecule has 1 aliphatic heterocycles. The first kappa shape index (κ1) is 16.8. The number of rotatable bonds is 3. The zero-order valence-corrected chi connectivity index (χ0v) is 14.7. The van der Waals surface area contributed by atoms with Crippen LogP contribution in [0.25, 0.3) is 5.65 Å². The maximum Gasteiger partial charge on any atom is 0.258 e. The second-order valence-corrected chi connectivity index (χ2v) is 6.89. The van der Waals surface area contributed by atoms with E-state index in [-0.39, 0.29) is 11.5 Å². The topological polar surface area (TPSA) is 80.7 Å². The summed E-state index contributed by atoms with van der Waals surface area (Å²) >= 11 is 5.94. The molecule has 26 heavy (non-hydrogen) atoms. The normalized spacial score (nSPS) is 17.2. The molecule has 0 saturated heterocycles. The number of halogens is 1. The fraction of sp³-hybridized carbons (Fsp3) is 0.211. The third kappa shape index (κ3) is 3.09. The molecule has 1 unspecified atom stereocenters. The average Bonchev–Trinajstić information content (AvgIpc) is 2.61. The number of amides is 1. The fourth-order valence-electron chi connectivity index (χ4n) is 3.44. The fourth-order valence-corrected chi connectivity index (χ4v) is 3.60. The van der Waals surface area contributed by atoms with E-state index in [1.807, 2.05) is 29.2 Å². The van der Waals surface area contributed by atoms with Crippen LogP contribution in [0.2, 0.25) is 5.02 Å². The summed E-state index contributed by atoms with van der Waals surface area (Å²) in [5.41, 5.74) is 8.83. The maximum absolute atomic E-state index is 12.4. The molecule has 1 atom stereocenters. The van der Waals surface area contributed by atoms with Crippen LogP contribution in [0, 0.1) is 0 Å². The van der Waals surface area contributed by atoms with Crippen molar-refractivity contribution in [2.24, 2.45) is 5.73 Å². The van der Waals surface area contributed by atoms with Gasteiger partial charge in [-0.25, -0.2) is 4.98 Å². The first-order valence-corrected chi connectivity index (χ1v) is 8.67. The van der Waals surface area contributed by atoms with Gasteiger partial charge in [-0.3, -0.25) is 18.9 Å². The van der Waals surface area contributed by atoms with Crippen LogP contribution in [0.5, 0.6) is 0 Å².